The first-order valence-electron chi connectivity index (χ1n) is 7.72. The molecule has 0 aliphatic carbocycles. The lowest BCUT2D eigenvalue weighted by Gasteiger charge is -2.36. The number of fused-ring (bicyclic) bond motifs is 1. The number of ether oxygens (including phenoxy) is 2. The van der Waals surface area contributed by atoms with Gasteiger partial charge in [0.1, 0.15) is 6.61 Å². The van der Waals surface area contributed by atoms with E-state index < -0.39 is 6.09 Å². The molecule has 1 saturated heterocycles. The van der Waals surface area contributed by atoms with E-state index in [0.717, 1.165) is 23.2 Å². The number of nitrogens with zero attached hydrogens (tertiary/aromatic N) is 1. The third-order valence-electron chi connectivity index (χ3n) is 3.60. The van der Waals surface area contributed by atoms with Gasteiger partial charge in [0.05, 0.1) is 24.2 Å². The molecule has 124 valence electrons. The molecule has 2 N–H and O–H groups in total. The van der Waals surface area contributed by atoms with Crippen LogP contribution in [0.5, 0.6) is 0 Å². The minimum absolute atomic E-state index is 0.0589. The number of anilines is 1. The average molecular weight is 335 g/mol. The molecule has 0 unspecified atom stereocenters. The van der Waals surface area contributed by atoms with Crippen molar-refractivity contribution in [2.45, 2.75) is 25.2 Å². The van der Waals surface area contributed by atoms with Crippen molar-refractivity contribution in [1.29, 1.82) is 0 Å². The molecule has 0 spiro atoms. The molecule has 2 heterocycles. The molecule has 1 aromatic carbocycles. The first-order valence-corrected chi connectivity index (χ1v) is 8.71. The molecule has 1 aromatic heterocycles. The number of aromatic nitrogens is 2. The highest BCUT2D eigenvalue weighted by molar-refractivity contribution is 7.99. The van der Waals surface area contributed by atoms with Crippen molar-refractivity contribution in [1.82, 2.24) is 9.97 Å². The smallest absolute Gasteiger partial charge is 0.413 e. The van der Waals surface area contributed by atoms with Gasteiger partial charge in [-0.1, -0.05) is 13.8 Å². The van der Waals surface area contributed by atoms with Gasteiger partial charge in [-0.2, -0.15) is 0 Å². The van der Waals surface area contributed by atoms with Gasteiger partial charge < -0.3 is 14.5 Å². The van der Waals surface area contributed by atoms with Crippen LogP contribution < -0.4 is 5.32 Å². The molecular formula is C16H21N3O3S. The second-order valence-electron chi connectivity index (χ2n) is 6.12. The van der Waals surface area contributed by atoms with Crippen LogP contribution in [0.25, 0.3) is 11.0 Å². The number of imidazole rings is 1. The number of benzene rings is 1. The van der Waals surface area contributed by atoms with Gasteiger partial charge in [0.25, 0.3) is 0 Å². The number of hydrogen-bond acceptors (Lipinski definition) is 5. The Morgan fingerprint density at radius 1 is 1.52 bits per heavy atom. The SMILES string of the molecule is CCCSc1ccc2[nH]c(NC(=O)OCC3(C)COC3)nc2c1. The molecule has 2 aromatic rings. The van der Waals surface area contributed by atoms with Gasteiger partial charge in [-0.05, 0) is 30.4 Å². The fraction of sp³-hybridized carbons (Fsp3) is 0.500. The van der Waals surface area contributed by atoms with Crippen LogP contribution in [0, 0.1) is 5.41 Å². The second kappa shape index (κ2) is 6.80. The number of carbonyl (C=O) groups excluding carboxylic acids is 1. The van der Waals surface area contributed by atoms with E-state index >= 15 is 0 Å². The van der Waals surface area contributed by atoms with Gasteiger partial charge >= 0.3 is 6.09 Å². The summed E-state index contributed by atoms with van der Waals surface area (Å²) in [6.45, 7) is 5.79. The molecule has 0 saturated carbocycles. The number of carbonyl (C=O) groups is 1. The minimum atomic E-state index is -0.502. The van der Waals surface area contributed by atoms with Crippen molar-refractivity contribution in [3.63, 3.8) is 0 Å². The van der Waals surface area contributed by atoms with Gasteiger partial charge in [0.2, 0.25) is 5.95 Å². The largest absolute Gasteiger partial charge is 0.448 e. The highest BCUT2D eigenvalue weighted by Crippen LogP contribution is 2.27. The Hall–Kier alpha value is -1.73. The number of H-pyrrole nitrogens is 1. The maximum absolute atomic E-state index is 11.8. The fourth-order valence-electron chi connectivity index (χ4n) is 2.26. The lowest BCUT2D eigenvalue weighted by molar-refractivity contribution is -0.125. The van der Waals surface area contributed by atoms with Crippen LogP contribution in [0.4, 0.5) is 10.7 Å². The van der Waals surface area contributed by atoms with Crippen LogP contribution in [-0.2, 0) is 9.47 Å². The van der Waals surface area contributed by atoms with E-state index in [0.29, 0.717) is 25.8 Å². The third-order valence-corrected chi connectivity index (χ3v) is 4.80. The summed E-state index contributed by atoms with van der Waals surface area (Å²) in [5.74, 6) is 1.48. The quantitative estimate of drug-likeness (QED) is 0.788. The Labute approximate surface area is 139 Å². The first kappa shape index (κ1) is 16.1. The van der Waals surface area contributed by atoms with Crippen molar-refractivity contribution >= 4 is 34.8 Å². The lowest BCUT2D eigenvalue weighted by atomic mass is 9.90. The number of aromatic amines is 1. The summed E-state index contributed by atoms with van der Waals surface area (Å²) >= 11 is 1.80. The van der Waals surface area contributed by atoms with E-state index in [1.807, 2.05) is 19.1 Å². The summed E-state index contributed by atoms with van der Waals surface area (Å²) < 4.78 is 10.4. The van der Waals surface area contributed by atoms with Crippen molar-refractivity contribution in [3.8, 4) is 0 Å². The van der Waals surface area contributed by atoms with Crippen molar-refractivity contribution in [3.05, 3.63) is 18.2 Å². The molecule has 0 atom stereocenters. The summed E-state index contributed by atoms with van der Waals surface area (Å²) in [5.41, 5.74) is 1.66. The Morgan fingerprint density at radius 3 is 3.04 bits per heavy atom. The standard InChI is InChI=1S/C16H21N3O3S/c1-3-6-23-11-4-5-12-13(7-11)18-14(17-12)19-15(20)22-10-16(2)8-21-9-16/h4-5,7H,3,6,8-10H2,1-2H3,(H2,17,18,19,20). The topological polar surface area (TPSA) is 76.2 Å². The molecule has 3 rings (SSSR count). The maximum atomic E-state index is 11.8. The van der Waals surface area contributed by atoms with Crippen LogP contribution in [-0.4, -0.2) is 41.6 Å². The van der Waals surface area contributed by atoms with Crippen molar-refractivity contribution in [2.75, 3.05) is 30.9 Å². The number of amides is 1. The van der Waals surface area contributed by atoms with Crippen molar-refractivity contribution in [2.24, 2.45) is 5.41 Å². The van der Waals surface area contributed by atoms with E-state index in [1.165, 1.54) is 4.90 Å². The van der Waals surface area contributed by atoms with Crippen molar-refractivity contribution < 1.29 is 14.3 Å². The van der Waals surface area contributed by atoms with E-state index in [-0.39, 0.29) is 5.41 Å². The Kier molecular flexibility index (Phi) is 4.77. The number of rotatable bonds is 6. The van der Waals surface area contributed by atoms with E-state index in [2.05, 4.69) is 28.3 Å². The van der Waals surface area contributed by atoms with E-state index in [1.54, 1.807) is 11.8 Å². The number of hydrogen-bond donors (Lipinski definition) is 2. The van der Waals surface area contributed by atoms with Gasteiger partial charge in [-0.25, -0.2) is 9.78 Å². The Balaban J connectivity index is 1.60. The molecular weight excluding hydrogens is 314 g/mol. The highest BCUT2D eigenvalue weighted by atomic mass is 32.2. The molecule has 23 heavy (non-hydrogen) atoms. The minimum Gasteiger partial charge on any atom is -0.448 e. The maximum Gasteiger partial charge on any atom is 0.413 e. The van der Waals surface area contributed by atoms with Crippen LogP contribution in [0.2, 0.25) is 0 Å². The van der Waals surface area contributed by atoms with E-state index in [9.17, 15) is 4.79 Å². The summed E-state index contributed by atoms with van der Waals surface area (Å²) in [6, 6.07) is 6.05. The monoisotopic (exact) mass is 335 g/mol. The summed E-state index contributed by atoms with van der Waals surface area (Å²) in [6.07, 6.45) is 0.629. The molecule has 1 aliphatic rings. The molecule has 0 radical (unpaired) electrons. The average Bonchev–Trinajstić information content (AvgIpc) is 2.90. The Bertz CT molecular complexity index is 697. The molecule has 0 bridgehead atoms. The first-order chi connectivity index (χ1) is 11.1. The zero-order valence-corrected chi connectivity index (χ0v) is 14.2. The predicted molar refractivity (Wildman–Crippen MR) is 91.0 cm³/mol. The fourth-order valence-corrected chi connectivity index (χ4v) is 3.06. The van der Waals surface area contributed by atoms with Gasteiger partial charge in [0, 0.05) is 10.3 Å². The van der Waals surface area contributed by atoms with Crippen LogP contribution in [0.15, 0.2) is 23.1 Å². The van der Waals surface area contributed by atoms with Gasteiger partial charge in [-0.3, -0.25) is 5.32 Å². The molecule has 6 nitrogen and oxygen atoms in total. The second-order valence-corrected chi connectivity index (χ2v) is 7.29. The normalized spacial score (nSPS) is 16.1. The molecule has 1 aliphatic heterocycles. The predicted octanol–water partition coefficient (Wildman–Crippen LogP) is 3.65. The zero-order chi connectivity index (χ0) is 16.3. The summed E-state index contributed by atoms with van der Waals surface area (Å²) in [7, 11) is 0. The van der Waals surface area contributed by atoms with Crippen LogP contribution in [0.3, 0.4) is 0 Å². The highest BCUT2D eigenvalue weighted by Gasteiger charge is 2.34. The van der Waals surface area contributed by atoms with Gasteiger partial charge in [0.15, 0.2) is 0 Å². The molecule has 1 amide bonds. The molecule has 1 fully saturated rings. The number of thioether (sulfide) groups is 1. The van der Waals surface area contributed by atoms with Gasteiger partial charge in [-0.15, -0.1) is 11.8 Å². The number of nitrogens with one attached hydrogen (secondary N) is 2. The van der Waals surface area contributed by atoms with Crippen LogP contribution >= 0.6 is 11.8 Å². The summed E-state index contributed by atoms with van der Waals surface area (Å²) in [4.78, 5) is 20.5. The van der Waals surface area contributed by atoms with Crippen LogP contribution in [0.1, 0.15) is 20.3 Å². The lowest BCUT2D eigenvalue weighted by Crippen LogP contribution is -2.44. The molecule has 7 heteroatoms. The zero-order valence-electron chi connectivity index (χ0n) is 13.3. The summed E-state index contributed by atoms with van der Waals surface area (Å²) in [5, 5.41) is 2.64. The van der Waals surface area contributed by atoms with E-state index in [4.69, 9.17) is 9.47 Å². The Morgan fingerprint density at radius 2 is 2.35 bits per heavy atom. The third kappa shape index (κ3) is 3.97.